The van der Waals surface area contributed by atoms with Gasteiger partial charge in [0.25, 0.3) is 5.56 Å². The highest BCUT2D eigenvalue weighted by molar-refractivity contribution is 5.74. The monoisotopic (exact) mass is 584 g/mol. The van der Waals surface area contributed by atoms with Crippen LogP contribution >= 0.6 is 0 Å². The summed E-state index contributed by atoms with van der Waals surface area (Å²) in [6.45, 7) is 9.48. The molecule has 0 radical (unpaired) electrons. The highest BCUT2D eigenvalue weighted by Gasteiger charge is 2.39. The fourth-order valence-electron chi connectivity index (χ4n) is 5.62. The molecule has 0 amide bonds. The van der Waals surface area contributed by atoms with Crippen molar-refractivity contribution >= 4 is 34.2 Å². The second-order valence-electron chi connectivity index (χ2n) is 10.1. The molecular weight excluding hydrogens is 548 g/mol. The van der Waals surface area contributed by atoms with Gasteiger partial charge < -0.3 is 46.1 Å². The number of fused-ring (bicyclic) bond motifs is 2. The van der Waals surface area contributed by atoms with Crippen LogP contribution in [0.5, 0.6) is 0 Å². The zero-order chi connectivity index (χ0) is 30.9. The van der Waals surface area contributed by atoms with E-state index in [0.29, 0.717) is 40.9 Å². The Morgan fingerprint density at radius 1 is 0.881 bits per heavy atom. The van der Waals surface area contributed by atoms with Gasteiger partial charge in [-0.2, -0.15) is 9.97 Å². The van der Waals surface area contributed by atoms with Crippen LogP contribution < -0.4 is 17.0 Å². The van der Waals surface area contributed by atoms with E-state index in [1.165, 1.54) is 6.33 Å². The Bertz CT molecular complexity index is 1660. The normalized spacial score (nSPS) is 25.4. The fourth-order valence-corrected chi connectivity index (χ4v) is 5.62. The summed E-state index contributed by atoms with van der Waals surface area (Å²) in [5.41, 5.74) is 14.9. The maximum absolute atomic E-state index is 11.7. The lowest BCUT2D eigenvalue weighted by Crippen LogP contribution is -2.17. The number of aryl methyl sites for hydroxylation is 1. The number of rotatable bonds is 4. The van der Waals surface area contributed by atoms with Crippen LogP contribution in [0.15, 0.2) is 41.8 Å². The molecule has 4 aromatic heterocycles. The van der Waals surface area contributed by atoms with Crippen LogP contribution in [0.4, 0.5) is 11.9 Å². The molecule has 6 atom stereocenters. The summed E-state index contributed by atoms with van der Waals surface area (Å²) in [4.78, 5) is 34.9. The molecule has 42 heavy (non-hydrogen) atoms. The Labute approximate surface area is 239 Å². The Kier molecular flexibility index (Phi) is 9.03. The summed E-state index contributed by atoms with van der Waals surface area (Å²) < 4.78 is 3.52. The Morgan fingerprint density at radius 3 is 1.83 bits per heavy atom. The number of aliphatic hydroxyl groups is 5. The number of anilines is 2. The largest absolute Gasteiger partial charge is 0.400 e. The first-order valence-corrected chi connectivity index (χ1v) is 13.1. The van der Waals surface area contributed by atoms with Crippen molar-refractivity contribution in [1.29, 1.82) is 0 Å². The molecule has 2 aliphatic rings. The first-order valence-electron chi connectivity index (χ1n) is 13.1. The molecule has 0 aromatic carbocycles. The summed E-state index contributed by atoms with van der Waals surface area (Å²) >= 11 is 0. The Balaban J connectivity index is 0.000000182. The Morgan fingerprint density at radius 2 is 1.36 bits per heavy atom. The maximum Gasteiger partial charge on any atom is 0.280 e. The molecule has 226 valence electrons. The summed E-state index contributed by atoms with van der Waals surface area (Å²) in [6, 6.07) is -0.401. The zero-order valence-corrected chi connectivity index (χ0v) is 23.3. The van der Waals surface area contributed by atoms with Crippen LogP contribution in [-0.2, 0) is 0 Å². The van der Waals surface area contributed by atoms with Gasteiger partial charge in [-0.25, -0.2) is 15.0 Å². The van der Waals surface area contributed by atoms with Gasteiger partial charge in [0, 0.05) is 18.9 Å². The molecule has 2 fully saturated rings. The maximum atomic E-state index is 11.7. The lowest BCUT2D eigenvalue weighted by Gasteiger charge is -2.15. The minimum atomic E-state index is -0.672. The van der Waals surface area contributed by atoms with Gasteiger partial charge >= 0.3 is 0 Å². The third kappa shape index (κ3) is 5.37. The van der Waals surface area contributed by atoms with E-state index in [1.807, 2.05) is 11.5 Å². The fraction of sp³-hybridized carbons (Fsp3) is 0.462. The van der Waals surface area contributed by atoms with Crippen molar-refractivity contribution in [2.45, 2.75) is 44.1 Å². The van der Waals surface area contributed by atoms with E-state index >= 15 is 0 Å². The quantitative estimate of drug-likeness (QED) is 0.134. The summed E-state index contributed by atoms with van der Waals surface area (Å²) in [7, 11) is 1.00. The standard InChI is InChI=1S/C13H17N5O2.C12H15N5O3.CH4O/c1-6-8(4-19)10(20)3-9(6)18-5-15-11-7(2)16-13(14)17-12(11)18;1-5-6(3-18)8(19)2-7(5)17-4-14-9-10(17)15-12(13)16-11(9)20;1-2/h5,8-10,19-20H,1,3-4H2,2H3,(H2,14,16,17);4,6-8,18-19H,1-3H2,(H3,13,15,16,20);2H,1H3/t8-,9-,10-;6-,7-,8-;/m00./s1. The molecule has 16 nitrogen and oxygen atoms in total. The number of aromatic nitrogens is 8. The zero-order valence-electron chi connectivity index (χ0n) is 23.3. The molecule has 2 saturated carbocycles. The second-order valence-corrected chi connectivity index (χ2v) is 10.1. The Hall–Kier alpha value is -4.22. The number of hydrogen-bond acceptors (Lipinski definition) is 13. The topological polar surface area (TPSA) is 260 Å². The van der Waals surface area contributed by atoms with Crippen molar-refractivity contribution < 1.29 is 25.5 Å². The number of imidazole rings is 2. The van der Waals surface area contributed by atoms with Crippen LogP contribution in [-0.4, -0.2) is 97.1 Å². The lowest BCUT2D eigenvalue weighted by atomic mass is 10.0. The van der Waals surface area contributed by atoms with Crippen LogP contribution in [0.1, 0.15) is 30.6 Å². The van der Waals surface area contributed by atoms with Crippen molar-refractivity contribution in [2.75, 3.05) is 31.8 Å². The molecule has 4 aromatic rings. The molecule has 10 N–H and O–H groups in total. The van der Waals surface area contributed by atoms with Gasteiger partial charge in [0.15, 0.2) is 16.8 Å². The smallest absolute Gasteiger partial charge is 0.280 e. The molecule has 0 aliphatic heterocycles. The minimum Gasteiger partial charge on any atom is -0.400 e. The number of aromatic amines is 1. The van der Waals surface area contributed by atoms with Crippen LogP contribution in [0.2, 0.25) is 0 Å². The SMILES string of the molecule is C=C1[C@H](CO)[C@@H](O)C[C@@H]1n1cnc2c(=O)[nH]c(N)nc21.C=C1[C@H](CO)[C@@H](O)C[C@@H]1n1cnc2c(C)nc(N)nc21.CO. The van der Waals surface area contributed by atoms with E-state index in [-0.39, 0.29) is 54.5 Å². The number of nitrogen functional groups attached to an aromatic ring is 2. The third-order valence-corrected chi connectivity index (χ3v) is 7.80. The third-order valence-electron chi connectivity index (χ3n) is 7.80. The molecule has 0 unspecified atom stereocenters. The van der Waals surface area contributed by atoms with E-state index < -0.39 is 17.8 Å². The predicted molar refractivity (Wildman–Crippen MR) is 154 cm³/mol. The molecule has 0 saturated heterocycles. The predicted octanol–water partition coefficient (Wildman–Crippen LogP) is -1.03. The van der Waals surface area contributed by atoms with E-state index in [9.17, 15) is 25.2 Å². The van der Waals surface area contributed by atoms with E-state index in [1.54, 1.807) is 10.9 Å². The van der Waals surface area contributed by atoms with Crippen LogP contribution in [0.25, 0.3) is 22.3 Å². The molecule has 6 rings (SSSR count). The number of hydrogen-bond donors (Lipinski definition) is 8. The van der Waals surface area contributed by atoms with Gasteiger partial charge in [-0.05, 0) is 30.9 Å². The van der Waals surface area contributed by atoms with Crippen molar-refractivity contribution in [3.05, 3.63) is 53.0 Å². The van der Waals surface area contributed by atoms with Gasteiger partial charge in [0.05, 0.1) is 55.9 Å². The first-order chi connectivity index (χ1) is 20.0. The number of nitrogens with two attached hydrogens (primary N) is 2. The summed E-state index contributed by atoms with van der Waals surface area (Å²) in [5.74, 6) is -0.485. The van der Waals surface area contributed by atoms with Crippen LogP contribution in [0.3, 0.4) is 0 Å². The summed E-state index contributed by atoms with van der Waals surface area (Å²) in [5, 5.41) is 45.6. The van der Waals surface area contributed by atoms with Gasteiger partial charge in [-0.15, -0.1) is 0 Å². The molecular formula is C26H36N10O6. The van der Waals surface area contributed by atoms with Gasteiger partial charge in [-0.1, -0.05) is 13.2 Å². The number of nitrogens with zero attached hydrogens (tertiary/aromatic N) is 7. The van der Waals surface area contributed by atoms with Crippen molar-refractivity contribution in [3.8, 4) is 0 Å². The summed E-state index contributed by atoms with van der Waals surface area (Å²) in [6.07, 6.45) is 2.75. The van der Waals surface area contributed by atoms with Gasteiger partial charge in [-0.3, -0.25) is 9.78 Å². The highest BCUT2D eigenvalue weighted by Crippen LogP contribution is 2.41. The molecule has 0 bridgehead atoms. The van der Waals surface area contributed by atoms with Crippen LogP contribution in [0, 0.1) is 18.8 Å². The highest BCUT2D eigenvalue weighted by atomic mass is 16.3. The molecule has 0 spiro atoms. The first kappa shape index (κ1) is 30.7. The van der Waals surface area contributed by atoms with Crippen molar-refractivity contribution in [2.24, 2.45) is 11.8 Å². The average molecular weight is 585 g/mol. The number of aliphatic hydroxyl groups excluding tert-OH is 5. The second kappa shape index (κ2) is 12.3. The molecule has 4 heterocycles. The van der Waals surface area contributed by atoms with Crippen molar-refractivity contribution in [3.63, 3.8) is 0 Å². The van der Waals surface area contributed by atoms with E-state index in [2.05, 4.69) is 43.1 Å². The minimum absolute atomic E-state index is 0.00659. The van der Waals surface area contributed by atoms with E-state index in [0.717, 1.165) is 12.7 Å². The van der Waals surface area contributed by atoms with E-state index in [4.69, 9.17) is 16.6 Å². The number of nitrogens with one attached hydrogen (secondary N) is 1. The number of H-pyrrole nitrogens is 1. The average Bonchev–Trinajstić information content (AvgIpc) is 3.69. The molecule has 16 heteroatoms. The lowest BCUT2D eigenvalue weighted by molar-refractivity contribution is 0.101. The van der Waals surface area contributed by atoms with Gasteiger partial charge in [0.2, 0.25) is 11.9 Å². The van der Waals surface area contributed by atoms with Gasteiger partial charge in [0.1, 0.15) is 5.52 Å². The van der Waals surface area contributed by atoms with Crippen molar-refractivity contribution in [1.82, 2.24) is 39.0 Å². The molecule has 2 aliphatic carbocycles.